The van der Waals surface area contributed by atoms with Gasteiger partial charge in [0.05, 0.1) is 18.1 Å². The second-order valence-corrected chi connectivity index (χ2v) is 6.80. The van der Waals surface area contributed by atoms with Gasteiger partial charge in [-0.1, -0.05) is 44.2 Å². The van der Waals surface area contributed by atoms with Gasteiger partial charge in [-0.25, -0.2) is 4.79 Å². The third kappa shape index (κ3) is 3.94. The van der Waals surface area contributed by atoms with Crippen molar-refractivity contribution in [1.29, 1.82) is 0 Å². The summed E-state index contributed by atoms with van der Waals surface area (Å²) in [7, 11) is 0. The van der Waals surface area contributed by atoms with E-state index < -0.39 is 11.6 Å². The van der Waals surface area contributed by atoms with Gasteiger partial charge in [-0.3, -0.25) is 4.79 Å². The van der Waals surface area contributed by atoms with Crippen molar-refractivity contribution in [3.8, 4) is 5.75 Å². The predicted molar refractivity (Wildman–Crippen MR) is 96.0 cm³/mol. The molecule has 0 saturated carbocycles. The minimum Gasteiger partial charge on any atom is -0.459 e. The summed E-state index contributed by atoms with van der Waals surface area (Å²) in [5.41, 5.74) is 1.42. The molecule has 1 aliphatic heterocycles. The summed E-state index contributed by atoms with van der Waals surface area (Å²) in [6.07, 6.45) is 0. The van der Waals surface area contributed by atoms with Gasteiger partial charge in [0.25, 0.3) is 0 Å². The van der Waals surface area contributed by atoms with Crippen LogP contribution in [0.25, 0.3) is 0 Å². The molecule has 3 rings (SSSR count). The van der Waals surface area contributed by atoms with Gasteiger partial charge in [0.15, 0.2) is 5.60 Å². The number of epoxide rings is 1. The fourth-order valence-electron chi connectivity index (χ4n) is 2.56. The maximum Gasteiger partial charge on any atom is 0.338 e. The summed E-state index contributed by atoms with van der Waals surface area (Å²) in [4.78, 5) is 24.2. The number of carbonyl (C=O) groups is 2. The second-order valence-electron chi connectivity index (χ2n) is 6.80. The highest BCUT2D eigenvalue weighted by Crippen LogP contribution is 2.44. The molecule has 1 aliphatic rings. The molecule has 1 fully saturated rings. The normalized spacial score (nSPS) is 18.5. The first-order chi connectivity index (χ1) is 12.4. The highest BCUT2D eigenvalue weighted by molar-refractivity contribution is 5.89. The van der Waals surface area contributed by atoms with Gasteiger partial charge in [-0.2, -0.15) is 0 Å². The Morgan fingerprint density at radius 3 is 2.46 bits per heavy atom. The molecule has 2 aromatic rings. The third-order valence-corrected chi connectivity index (χ3v) is 4.25. The van der Waals surface area contributed by atoms with Crippen LogP contribution in [0.5, 0.6) is 5.75 Å². The van der Waals surface area contributed by atoms with Crippen molar-refractivity contribution in [2.75, 3.05) is 13.2 Å². The van der Waals surface area contributed by atoms with Crippen molar-refractivity contribution in [3.63, 3.8) is 0 Å². The molecular formula is C21H22O5. The van der Waals surface area contributed by atoms with Crippen molar-refractivity contribution in [1.82, 2.24) is 0 Å². The topological polar surface area (TPSA) is 65.1 Å². The number of hydrogen-bond acceptors (Lipinski definition) is 5. The van der Waals surface area contributed by atoms with Gasteiger partial charge >= 0.3 is 11.9 Å². The SMILES string of the molecule is Cc1ccc([C@@]2(COC(=O)c3ccccc3)CO2)c(OC(=O)C(C)C)c1. The van der Waals surface area contributed by atoms with Crippen LogP contribution in [-0.4, -0.2) is 25.2 Å². The predicted octanol–water partition coefficient (Wildman–Crippen LogP) is 3.64. The highest BCUT2D eigenvalue weighted by atomic mass is 16.6. The summed E-state index contributed by atoms with van der Waals surface area (Å²) in [6.45, 7) is 5.96. The number of aryl methyl sites for hydroxylation is 1. The van der Waals surface area contributed by atoms with Crippen LogP contribution in [-0.2, 0) is 19.9 Å². The number of ether oxygens (including phenoxy) is 3. The number of hydrogen-bond donors (Lipinski definition) is 0. The fraction of sp³-hybridized carbons (Fsp3) is 0.333. The lowest BCUT2D eigenvalue weighted by Crippen LogP contribution is -2.23. The maximum absolute atomic E-state index is 12.2. The Hall–Kier alpha value is -2.66. The summed E-state index contributed by atoms with van der Waals surface area (Å²) in [6, 6.07) is 14.4. The van der Waals surface area contributed by atoms with E-state index in [0.717, 1.165) is 11.1 Å². The average Bonchev–Trinajstić information content (AvgIpc) is 3.41. The number of benzene rings is 2. The van der Waals surface area contributed by atoms with Crippen LogP contribution in [0.1, 0.15) is 35.3 Å². The molecule has 0 bridgehead atoms. The van der Waals surface area contributed by atoms with E-state index in [1.807, 2.05) is 25.1 Å². The molecule has 0 spiro atoms. The fourth-order valence-corrected chi connectivity index (χ4v) is 2.56. The first-order valence-electron chi connectivity index (χ1n) is 8.60. The van der Waals surface area contributed by atoms with Crippen LogP contribution in [0, 0.1) is 12.8 Å². The van der Waals surface area contributed by atoms with Crippen LogP contribution < -0.4 is 4.74 Å². The minimum absolute atomic E-state index is 0.0655. The molecule has 26 heavy (non-hydrogen) atoms. The zero-order chi connectivity index (χ0) is 18.7. The van der Waals surface area contributed by atoms with Crippen LogP contribution in [0.4, 0.5) is 0 Å². The van der Waals surface area contributed by atoms with E-state index in [4.69, 9.17) is 14.2 Å². The monoisotopic (exact) mass is 354 g/mol. The molecule has 0 amide bonds. The van der Waals surface area contributed by atoms with Crippen LogP contribution >= 0.6 is 0 Å². The van der Waals surface area contributed by atoms with Crippen molar-refractivity contribution in [2.24, 2.45) is 5.92 Å². The minimum atomic E-state index is -0.759. The van der Waals surface area contributed by atoms with Gasteiger partial charge in [0.2, 0.25) is 0 Å². The first kappa shape index (κ1) is 18.1. The third-order valence-electron chi connectivity index (χ3n) is 4.25. The lowest BCUT2D eigenvalue weighted by atomic mass is 9.98. The molecule has 0 aromatic heterocycles. The highest BCUT2D eigenvalue weighted by Gasteiger charge is 2.50. The van der Waals surface area contributed by atoms with E-state index >= 15 is 0 Å². The Bertz CT molecular complexity index is 806. The molecule has 2 aromatic carbocycles. The Morgan fingerprint density at radius 2 is 1.85 bits per heavy atom. The lowest BCUT2D eigenvalue weighted by molar-refractivity contribution is -0.137. The van der Waals surface area contributed by atoms with Crippen LogP contribution in [0.2, 0.25) is 0 Å². The molecule has 1 heterocycles. The van der Waals surface area contributed by atoms with Crippen LogP contribution in [0.15, 0.2) is 48.5 Å². The van der Waals surface area contributed by atoms with Gasteiger partial charge in [0, 0.05) is 5.56 Å². The molecule has 0 unspecified atom stereocenters. The van der Waals surface area contributed by atoms with E-state index in [1.165, 1.54) is 0 Å². The largest absolute Gasteiger partial charge is 0.459 e. The molecule has 136 valence electrons. The zero-order valence-electron chi connectivity index (χ0n) is 15.2. The molecule has 5 nitrogen and oxygen atoms in total. The van der Waals surface area contributed by atoms with Gasteiger partial charge in [-0.05, 0) is 30.7 Å². The molecule has 1 saturated heterocycles. The van der Waals surface area contributed by atoms with E-state index in [9.17, 15) is 9.59 Å². The van der Waals surface area contributed by atoms with Gasteiger partial charge in [0.1, 0.15) is 12.4 Å². The van der Waals surface area contributed by atoms with E-state index in [0.29, 0.717) is 17.9 Å². The lowest BCUT2D eigenvalue weighted by Gasteiger charge is -2.18. The molecule has 0 N–H and O–H groups in total. The maximum atomic E-state index is 12.2. The quantitative estimate of drug-likeness (QED) is 0.450. The smallest absolute Gasteiger partial charge is 0.338 e. The number of rotatable bonds is 6. The van der Waals surface area contributed by atoms with Gasteiger partial charge in [-0.15, -0.1) is 0 Å². The Balaban J connectivity index is 1.77. The van der Waals surface area contributed by atoms with Crippen molar-refractivity contribution in [3.05, 3.63) is 65.2 Å². The summed E-state index contributed by atoms with van der Waals surface area (Å²) < 4.78 is 16.6. The van der Waals surface area contributed by atoms with Crippen LogP contribution in [0.3, 0.4) is 0 Å². The van der Waals surface area contributed by atoms with E-state index in [1.54, 1.807) is 44.2 Å². The Morgan fingerprint density at radius 1 is 1.15 bits per heavy atom. The van der Waals surface area contributed by atoms with Gasteiger partial charge < -0.3 is 14.2 Å². The zero-order valence-corrected chi connectivity index (χ0v) is 15.2. The summed E-state index contributed by atoms with van der Waals surface area (Å²) >= 11 is 0. The number of esters is 2. The first-order valence-corrected chi connectivity index (χ1v) is 8.60. The molecule has 1 atom stereocenters. The Labute approximate surface area is 152 Å². The summed E-state index contributed by atoms with van der Waals surface area (Å²) in [5, 5.41) is 0. The van der Waals surface area contributed by atoms with Crippen molar-refractivity contribution in [2.45, 2.75) is 26.4 Å². The molecule has 0 radical (unpaired) electrons. The standard InChI is InChI=1S/C21H22O5/c1-14(2)19(22)26-18-11-15(3)9-10-17(18)21(13-25-21)12-24-20(23)16-7-5-4-6-8-16/h4-11,14H,12-13H2,1-3H3/t21-/m1/s1. The van der Waals surface area contributed by atoms with E-state index in [2.05, 4.69) is 0 Å². The average molecular weight is 354 g/mol. The molecular weight excluding hydrogens is 332 g/mol. The van der Waals surface area contributed by atoms with E-state index in [-0.39, 0.29) is 18.5 Å². The number of carbonyl (C=O) groups excluding carboxylic acids is 2. The van der Waals surface area contributed by atoms with Crippen molar-refractivity contribution < 1.29 is 23.8 Å². The molecule has 0 aliphatic carbocycles. The summed E-state index contributed by atoms with van der Waals surface area (Å²) in [5.74, 6) is -0.505. The van der Waals surface area contributed by atoms with Crippen molar-refractivity contribution >= 4 is 11.9 Å². The second kappa shape index (κ2) is 7.30. The Kier molecular flexibility index (Phi) is 5.09. The molecule has 5 heteroatoms.